The van der Waals surface area contributed by atoms with Crippen LogP contribution in [-0.2, 0) is 11.2 Å². The largest absolute Gasteiger partial charge is 0.461 e. The summed E-state index contributed by atoms with van der Waals surface area (Å²) in [5.74, 6) is 0.937. The monoisotopic (exact) mass is 292 g/mol. The van der Waals surface area contributed by atoms with Crippen LogP contribution in [0.25, 0.3) is 0 Å². The van der Waals surface area contributed by atoms with Crippen molar-refractivity contribution in [3.63, 3.8) is 0 Å². The maximum Gasteiger partial charge on any atom is 0.360 e. The van der Waals surface area contributed by atoms with Crippen molar-refractivity contribution < 1.29 is 9.53 Å². The smallest absolute Gasteiger partial charge is 0.360 e. The van der Waals surface area contributed by atoms with Gasteiger partial charge >= 0.3 is 5.97 Å². The van der Waals surface area contributed by atoms with E-state index >= 15 is 0 Å². The normalized spacial score (nSPS) is 22.7. The number of carbonyl (C=O) groups is 1. The molecule has 1 aliphatic heterocycles. The van der Waals surface area contributed by atoms with Gasteiger partial charge in [0, 0.05) is 25.6 Å². The number of rotatable bonds is 5. The first-order valence-electron chi connectivity index (χ1n) is 7.93. The van der Waals surface area contributed by atoms with E-state index < -0.39 is 5.97 Å². The van der Waals surface area contributed by atoms with Crippen LogP contribution in [0.5, 0.6) is 0 Å². The zero-order valence-electron chi connectivity index (χ0n) is 12.8. The lowest BCUT2D eigenvalue weighted by molar-refractivity contribution is 0.0521. The highest BCUT2D eigenvalue weighted by atomic mass is 16.5. The Morgan fingerprint density at radius 3 is 2.71 bits per heavy atom. The van der Waals surface area contributed by atoms with Crippen LogP contribution >= 0.6 is 0 Å². The minimum atomic E-state index is -0.416. The van der Waals surface area contributed by atoms with Gasteiger partial charge in [-0.3, -0.25) is 4.90 Å². The zero-order chi connectivity index (χ0) is 15.0. The van der Waals surface area contributed by atoms with Gasteiger partial charge in [0.15, 0.2) is 5.69 Å². The summed E-state index contributed by atoms with van der Waals surface area (Å²) < 4.78 is 7.11. The van der Waals surface area contributed by atoms with Crippen molar-refractivity contribution in [1.29, 1.82) is 0 Å². The molecule has 1 aromatic rings. The van der Waals surface area contributed by atoms with Crippen LogP contribution in [-0.4, -0.2) is 46.2 Å². The van der Waals surface area contributed by atoms with Crippen molar-refractivity contribution in [3.8, 4) is 0 Å². The summed E-state index contributed by atoms with van der Waals surface area (Å²) in [6.45, 7) is 6.30. The minimum Gasteiger partial charge on any atom is -0.461 e. The van der Waals surface area contributed by atoms with Gasteiger partial charge in [0.2, 0.25) is 0 Å². The van der Waals surface area contributed by atoms with Gasteiger partial charge in [-0.25, -0.2) is 9.78 Å². The molecule has 0 aromatic carbocycles. The van der Waals surface area contributed by atoms with Crippen LogP contribution in [0.3, 0.4) is 0 Å². The van der Waals surface area contributed by atoms with E-state index in [1.54, 1.807) is 6.92 Å². The summed E-state index contributed by atoms with van der Waals surface area (Å²) in [5.41, 5.74) is 6.49. The third-order valence-electron chi connectivity index (χ3n) is 4.43. The first-order valence-corrected chi connectivity index (χ1v) is 7.93. The number of ether oxygens (including phenoxy) is 1. The van der Waals surface area contributed by atoms with Crippen molar-refractivity contribution >= 4 is 11.8 Å². The van der Waals surface area contributed by atoms with Gasteiger partial charge in [0.05, 0.1) is 12.6 Å². The molecule has 1 saturated carbocycles. The number of imidazole rings is 1. The molecule has 1 aliphatic carbocycles. The number of aromatic nitrogens is 2. The number of nitrogens with zero attached hydrogens (tertiary/aromatic N) is 3. The summed E-state index contributed by atoms with van der Waals surface area (Å²) in [6, 6.07) is 1.10. The molecule has 2 fully saturated rings. The molecule has 1 aromatic heterocycles. The van der Waals surface area contributed by atoms with Crippen molar-refractivity contribution in [3.05, 3.63) is 11.5 Å². The fourth-order valence-electron chi connectivity index (χ4n) is 3.25. The Labute approximate surface area is 125 Å². The van der Waals surface area contributed by atoms with Gasteiger partial charge in [-0.2, -0.15) is 0 Å². The quantitative estimate of drug-likeness (QED) is 0.835. The summed E-state index contributed by atoms with van der Waals surface area (Å²) in [6.07, 6.45) is 4.48. The Hall–Kier alpha value is -1.56. The average molecular weight is 292 g/mol. The molecule has 1 saturated heterocycles. The van der Waals surface area contributed by atoms with Crippen LogP contribution in [0.4, 0.5) is 5.82 Å². The highest BCUT2D eigenvalue weighted by molar-refractivity contribution is 5.92. The zero-order valence-corrected chi connectivity index (χ0v) is 12.8. The van der Waals surface area contributed by atoms with Crippen LogP contribution in [0.15, 0.2) is 0 Å². The molecule has 1 atom stereocenters. The number of hydrogen-bond donors (Lipinski definition) is 1. The van der Waals surface area contributed by atoms with Crippen LogP contribution in [0.2, 0.25) is 0 Å². The Kier molecular flexibility index (Phi) is 3.89. The van der Waals surface area contributed by atoms with E-state index in [1.165, 1.54) is 12.8 Å². The molecule has 6 nitrogen and oxygen atoms in total. The van der Waals surface area contributed by atoms with Crippen LogP contribution < -0.4 is 5.73 Å². The topological polar surface area (TPSA) is 73.4 Å². The highest BCUT2D eigenvalue weighted by Gasteiger charge is 2.36. The van der Waals surface area contributed by atoms with Gasteiger partial charge in [-0.1, -0.05) is 6.92 Å². The van der Waals surface area contributed by atoms with Crippen LogP contribution in [0, 0.1) is 0 Å². The van der Waals surface area contributed by atoms with Crippen LogP contribution in [0.1, 0.15) is 55.5 Å². The summed E-state index contributed by atoms with van der Waals surface area (Å²) in [4.78, 5) is 18.9. The van der Waals surface area contributed by atoms with E-state index in [0.717, 1.165) is 37.8 Å². The van der Waals surface area contributed by atoms with E-state index in [2.05, 4.69) is 14.5 Å². The van der Waals surface area contributed by atoms with Gasteiger partial charge in [0.25, 0.3) is 0 Å². The molecule has 2 aliphatic rings. The molecule has 116 valence electrons. The van der Waals surface area contributed by atoms with E-state index in [0.29, 0.717) is 18.5 Å². The summed E-state index contributed by atoms with van der Waals surface area (Å²) in [7, 11) is 0. The van der Waals surface area contributed by atoms with Gasteiger partial charge in [-0.05, 0) is 26.2 Å². The molecule has 0 radical (unpaired) electrons. The number of carbonyl (C=O) groups excluding carboxylic acids is 1. The predicted molar refractivity (Wildman–Crippen MR) is 80.2 cm³/mol. The van der Waals surface area contributed by atoms with E-state index in [1.807, 2.05) is 6.92 Å². The Morgan fingerprint density at radius 2 is 2.10 bits per heavy atom. The molecule has 0 spiro atoms. The van der Waals surface area contributed by atoms with Gasteiger partial charge in [-0.15, -0.1) is 0 Å². The average Bonchev–Trinajstić information content (AvgIpc) is 3.11. The highest BCUT2D eigenvalue weighted by Crippen LogP contribution is 2.35. The molecule has 0 bridgehead atoms. The lowest BCUT2D eigenvalue weighted by Gasteiger charge is -2.18. The lowest BCUT2D eigenvalue weighted by Crippen LogP contribution is -2.24. The van der Waals surface area contributed by atoms with Gasteiger partial charge < -0.3 is 15.0 Å². The SMILES string of the molecule is CCOC(=O)c1nc(CC)n(C2CCN(C3CC3)C2)c1N. The van der Waals surface area contributed by atoms with Crippen molar-refractivity contribution in [1.82, 2.24) is 14.5 Å². The third-order valence-corrected chi connectivity index (χ3v) is 4.43. The number of likely N-dealkylation sites (tertiary alicyclic amines) is 1. The van der Waals surface area contributed by atoms with Gasteiger partial charge in [0.1, 0.15) is 11.6 Å². The van der Waals surface area contributed by atoms with E-state index in [9.17, 15) is 4.79 Å². The van der Waals surface area contributed by atoms with E-state index in [-0.39, 0.29) is 5.69 Å². The second-order valence-electron chi connectivity index (χ2n) is 5.87. The molecule has 6 heteroatoms. The Morgan fingerprint density at radius 1 is 1.33 bits per heavy atom. The minimum absolute atomic E-state index is 0.276. The van der Waals surface area contributed by atoms with Crippen molar-refractivity contribution in [2.45, 2.75) is 51.6 Å². The number of aryl methyl sites for hydroxylation is 1. The van der Waals surface area contributed by atoms with E-state index in [4.69, 9.17) is 10.5 Å². The van der Waals surface area contributed by atoms with Crippen molar-refractivity contribution in [2.24, 2.45) is 0 Å². The molecule has 1 unspecified atom stereocenters. The second kappa shape index (κ2) is 5.67. The summed E-state index contributed by atoms with van der Waals surface area (Å²) in [5, 5.41) is 0. The van der Waals surface area contributed by atoms with Crippen molar-refractivity contribution in [2.75, 3.05) is 25.4 Å². The summed E-state index contributed by atoms with van der Waals surface area (Å²) >= 11 is 0. The molecule has 0 amide bonds. The standard InChI is InChI=1S/C15H24N4O2/c1-3-12-17-13(15(20)21-4-2)14(16)19(12)11-7-8-18(9-11)10-5-6-10/h10-11H,3-9,16H2,1-2H3. The number of esters is 1. The lowest BCUT2D eigenvalue weighted by atomic mass is 10.2. The molecule has 2 heterocycles. The first kappa shape index (κ1) is 14.4. The molecule has 21 heavy (non-hydrogen) atoms. The maximum absolute atomic E-state index is 12.0. The Bertz CT molecular complexity index is 536. The fourth-order valence-corrected chi connectivity index (χ4v) is 3.25. The molecule has 3 rings (SSSR count). The maximum atomic E-state index is 12.0. The molecule has 2 N–H and O–H groups in total. The second-order valence-corrected chi connectivity index (χ2v) is 5.87. The molecular weight excluding hydrogens is 268 g/mol. The number of nitrogen functional groups attached to an aromatic ring is 1. The molecular formula is C15H24N4O2. The number of hydrogen-bond acceptors (Lipinski definition) is 5. The fraction of sp³-hybridized carbons (Fsp3) is 0.733. The Balaban J connectivity index is 1.85. The third kappa shape index (κ3) is 2.64. The number of nitrogens with two attached hydrogens (primary N) is 1. The first-order chi connectivity index (χ1) is 10.2. The predicted octanol–water partition coefficient (Wildman–Crippen LogP) is 1.61. The number of anilines is 1.